The average Bonchev–Trinajstić information content (AvgIpc) is 2.84. The number of ether oxygens (including phenoxy) is 1. The first-order chi connectivity index (χ1) is 9.11. The predicted octanol–water partition coefficient (Wildman–Crippen LogP) is 0.278. The maximum Gasteiger partial charge on any atom is 0.230 e. The normalized spacial score (nSPS) is 28.7. The number of nitrogens with zero attached hydrogens (tertiary/aromatic N) is 1. The van der Waals surface area contributed by atoms with Gasteiger partial charge in [-0.05, 0) is 25.8 Å². The Bertz CT molecular complexity index is 351. The second-order valence-electron chi connectivity index (χ2n) is 5.35. The van der Waals surface area contributed by atoms with Gasteiger partial charge in [-0.15, -0.1) is 0 Å². The molecule has 2 aliphatic rings. The van der Waals surface area contributed by atoms with Crippen LogP contribution in [0.5, 0.6) is 0 Å². The number of thiocarbonyl (C=S) groups is 1. The Hall–Kier alpha value is -0.720. The van der Waals surface area contributed by atoms with E-state index in [9.17, 15) is 4.79 Å². The Morgan fingerprint density at radius 3 is 3.11 bits per heavy atom. The topological polar surface area (TPSA) is 67.6 Å². The Balaban J connectivity index is 1.76. The second-order valence-corrected chi connectivity index (χ2v) is 5.83. The van der Waals surface area contributed by atoms with Crippen LogP contribution in [-0.2, 0) is 9.53 Å². The summed E-state index contributed by atoms with van der Waals surface area (Å²) in [5.74, 6) is -0.444. The zero-order chi connectivity index (χ0) is 13.8. The molecule has 3 atom stereocenters. The number of nitrogens with two attached hydrogens (primary N) is 1. The fourth-order valence-corrected chi connectivity index (χ4v) is 3.14. The largest absolute Gasteiger partial charge is 0.393 e. The zero-order valence-corrected chi connectivity index (χ0v) is 12.2. The molecule has 3 N–H and O–H groups in total. The number of nitrogens with one attached hydrogen (secondary N) is 1. The molecule has 5 nitrogen and oxygen atoms in total. The van der Waals surface area contributed by atoms with E-state index in [1.54, 1.807) is 0 Å². The number of hydrogen-bond donors (Lipinski definition) is 2. The molecule has 0 bridgehead atoms. The maximum absolute atomic E-state index is 11.9. The van der Waals surface area contributed by atoms with E-state index in [2.05, 4.69) is 10.2 Å². The SMILES string of the molecule is CCC(C(=O)NCC1CN2CCCC2CO1)C(N)=S. The lowest BCUT2D eigenvalue weighted by Gasteiger charge is -2.35. The summed E-state index contributed by atoms with van der Waals surface area (Å²) in [5, 5.41) is 2.91. The molecular weight excluding hydrogens is 262 g/mol. The highest BCUT2D eigenvalue weighted by Gasteiger charge is 2.32. The maximum atomic E-state index is 11.9. The molecule has 2 rings (SSSR count). The fourth-order valence-electron chi connectivity index (χ4n) is 2.86. The van der Waals surface area contributed by atoms with Gasteiger partial charge in [-0.25, -0.2) is 0 Å². The van der Waals surface area contributed by atoms with Crippen molar-refractivity contribution in [1.82, 2.24) is 10.2 Å². The van der Waals surface area contributed by atoms with E-state index >= 15 is 0 Å². The molecule has 0 aromatic carbocycles. The molecule has 0 aromatic heterocycles. The van der Waals surface area contributed by atoms with Gasteiger partial charge in [0.15, 0.2) is 0 Å². The monoisotopic (exact) mass is 285 g/mol. The Morgan fingerprint density at radius 2 is 2.42 bits per heavy atom. The quantitative estimate of drug-likeness (QED) is 0.710. The van der Waals surface area contributed by atoms with Crippen LogP contribution in [0.25, 0.3) is 0 Å². The highest BCUT2D eigenvalue weighted by atomic mass is 32.1. The van der Waals surface area contributed by atoms with Crippen LogP contribution in [0.15, 0.2) is 0 Å². The molecule has 0 spiro atoms. The van der Waals surface area contributed by atoms with Crippen LogP contribution in [0.1, 0.15) is 26.2 Å². The summed E-state index contributed by atoms with van der Waals surface area (Å²) >= 11 is 4.90. The van der Waals surface area contributed by atoms with Gasteiger partial charge in [0, 0.05) is 19.1 Å². The van der Waals surface area contributed by atoms with Crippen LogP contribution in [0, 0.1) is 5.92 Å². The van der Waals surface area contributed by atoms with Crippen LogP contribution >= 0.6 is 12.2 Å². The van der Waals surface area contributed by atoms with Crippen LogP contribution in [0.2, 0.25) is 0 Å². The lowest BCUT2D eigenvalue weighted by atomic mass is 10.1. The predicted molar refractivity (Wildman–Crippen MR) is 77.9 cm³/mol. The molecule has 108 valence electrons. The first kappa shape index (κ1) is 14.7. The van der Waals surface area contributed by atoms with E-state index in [0.717, 1.165) is 19.7 Å². The number of rotatable bonds is 5. The fraction of sp³-hybridized carbons (Fsp3) is 0.846. The Morgan fingerprint density at radius 1 is 1.63 bits per heavy atom. The van der Waals surface area contributed by atoms with Gasteiger partial charge in [-0.2, -0.15) is 0 Å². The Labute approximate surface area is 119 Å². The molecule has 6 heteroatoms. The number of fused-ring (bicyclic) bond motifs is 1. The molecule has 1 amide bonds. The first-order valence-electron chi connectivity index (χ1n) is 7.04. The van der Waals surface area contributed by atoms with E-state index in [-0.39, 0.29) is 22.9 Å². The third-order valence-electron chi connectivity index (χ3n) is 4.03. The van der Waals surface area contributed by atoms with Crippen molar-refractivity contribution < 1.29 is 9.53 Å². The van der Waals surface area contributed by atoms with Crippen molar-refractivity contribution >= 4 is 23.1 Å². The van der Waals surface area contributed by atoms with Gasteiger partial charge in [-0.1, -0.05) is 19.1 Å². The van der Waals surface area contributed by atoms with E-state index in [0.29, 0.717) is 19.0 Å². The molecule has 19 heavy (non-hydrogen) atoms. The third-order valence-corrected chi connectivity index (χ3v) is 4.32. The molecule has 0 aromatic rings. The van der Waals surface area contributed by atoms with E-state index in [4.69, 9.17) is 22.7 Å². The molecular formula is C13H23N3O2S. The minimum absolute atomic E-state index is 0.0813. The average molecular weight is 285 g/mol. The summed E-state index contributed by atoms with van der Waals surface area (Å²) in [7, 11) is 0. The van der Waals surface area contributed by atoms with Gasteiger partial charge in [0.2, 0.25) is 5.91 Å². The summed E-state index contributed by atoms with van der Waals surface area (Å²) < 4.78 is 5.80. The van der Waals surface area contributed by atoms with Gasteiger partial charge in [0.1, 0.15) is 0 Å². The van der Waals surface area contributed by atoms with Crippen LogP contribution in [0.3, 0.4) is 0 Å². The van der Waals surface area contributed by atoms with Crippen LogP contribution < -0.4 is 11.1 Å². The van der Waals surface area contributed by atoms with E-state index in [1.807, 2.05) is 6.92 Å². The minimum Gasteiger partial charge on any atom is -0.393 e. The standard InChI is InChI=1S/C13H23N3O2S/c1-2-11(12(14)19)13(17)15-6-10-7-16-5-3-4-9(16)8-18-10/h9-11H,2-8H2,1H3,(H2,14,19)(H,15,17). The lowest BCUT2D eigenvalue weighted by Crippen LogP contribution is -2.51. The number of carbonyl (C=O) groups is 1. The lowest BCUT2D eigenvalue weighted by molar-refractivity contribution is -0.124. The molecule has 2 fully saturated rings. The van der Waals surface area contributed by atoms with Crippen molar-refractivity contribution in [3.8, 4) is 0 Å². The Kier molecular flexibility index (Phi) is 5.13. The summed E-state index contributed by atoms with van der Waals surface area (Å²) in [5.41, 5.74) is 5.56. The highest BCUT2D eigenvalue weighted by Crippen LogP contribution is 2.22. The van der Waals surface area contributed by atoms with E-state index < -0.39 is 0 Å². The van der Waals surface area contributed by atoms with Crippen molar-refractivity contribution in [2.75, 3.05) is 26.2 Å². The van der Waals surface area contributed by atoms with Crippen molar-refractivity contribution in [3.63, 3.8) is 0 Å². The molecule has 2 heterocycles. The van der Waals surface area contributed by atoms with E-state index in [1.165, 1.54) is 12.8 Å². The van der Waals surface area contributed by atoms with Crippen molar-refractivity contribution in [2.24, 2.45) is 11.7 Å². The van der Waals surface area contributed by atoms with Gasteiger partial charge >= 0.3 is 0 Å². The molecule has 2 aliphatic heterocycles. The molecule has 0 radical (unpaired) electrons. The second kappa shape index (κ2) is 6.63. The third kappa shape index (κ3) is 3.64. The number of carbonyl (C=O) groups excluding carboxylic acids is 1. The minimum atomic E-state index is -0.363. The number of morpholine rings is 1. The van der Waals surface area contributed by atoms with Crippen LogP contribution in [0.4, 0.5) is 0 Å². The van der Waals surface area contributed by atoms with Gasteiger partial charge in [0.05, 0.1) is 23.6 Å². The summed E-state index contributed by atoms with van der Waals surface area (Å²) in [6.45, 7) is 5.31. The summed E-state index contributed by atoms with van der Waals surface area (Å²) in [6, 6.07) is 0.590. The van der Waals surface area contributed by atoms with Gasteiger partial charge in [0.25, 0.3) is 0 Å². The molecule has 2 saturated heterocycles. The van der Waals surface area contributed by atoms with Crippen molar-refractivity contribution in [2.45, 2.75) is 38.3 Å². The van der Waals surface area contributed by atoms with Crippen molar-refractivity contribution in [1.29, 1.82) is 0 Å². The highest BCUT2D eigenvalue weighted by molar-refractivity contribution is 7.80. The molecule has 0 aliphatic carbocycles. The van der Waals surface area contributed by atoms with Crippen LogP contribution in [-0.4, -0.2) is 54.2 Å². The summed E-state index contributed by atoms with van der Waals surface area (Å²) in [6.07, 6.45) is 3.22. The first-order valence-corrected chi connectivity index (χ1v) is 7.45. The van der Waals surface area contributed by atoms with Gasteiger partial charge < -0.3 is 15.8 Å². The van der Waals surface area contributed by atoms with Gasteiger partial charge in [-0.3, -0.25) is 9.69 Å². The zero-order valence-electron chi connectivity index (χ0n) is 11.4. The molecule has 0 saturated carbocycles. The number of hydrogen-bond acceptors (Lipinski definition) is 4. The summed E-state index contributed by atoms with van der Waals surface area (Å²) in [4.78, 5) is 14.7. The van der Waals surface area contributed by atoms with Crippen molar-refractivity contribution in [3.05, 3.63) is 0 Å². The number of amides is 1. The molecule has 3 unspecified atom stereocenters. The smallest absolute Gasteiger partial charge is 0.230 e.